The topological polar surface area (TPSA) is 97.2 Å². The number of nitrogens with zero attached hydrogens (tertiary/aromatic N) is 2. The minimum atomic E-state index is -3.51. The summed E-state index contributed by atoms with van der Waals surface area (Å²) in [6.45, 7) is 1.37. The van der Waals surface area contributed by atoms with E-state index in [1.165, 1.54) is 19.3 Å². The lowest BCUT2D eigenvalue weighted by Gasteiger charge is -2.09. The molecule has 1 atom stereocenters. The van der Waals surface area contributed by atoms with Crippen LogP contribution < -0.4 is 0 Å². The maximum absolute atomic E-state index is 11.7. The molecule has 7 heteroatoms. The highest BCUT2D eigenvalue weighted by atomic mass is 32.2. The van der Waals surface area contributed by atoms with Crippen LogP contribution in [0.1, 0.15) is 19.2 Å². The van der Waals surface area contributed by atoms with Crippen LogP contribution in [0, 0.1) is 0 Å². The summed E-state index contributed by atoms with van der Waals surface area (Å²) in [5, 5.41) is 7.58. The average molecular weight is 244 g/mol. The number of aliphatic carboxylic acids is 1. The van der Waals surface area contributed by atoms with Crippen LogP contribution in [0.3, 0.4) is 0 Å². The number of hydrogen-bond donors (Lipinski definition) is 1. The first-order valence-electron chi connectivity index (χ1n) is 4.61. The van der Waals surface area contributed by atoms with Gasteiger partial charge >= 0.3 is 5.97 Å². The molecule has 0 spiro atoms. The van der Waals surface area contributed by atoms with Gasteiger partial charge in [0.1, 0.15) is 11.6 Å². The van der Waals surface area contributed by atoms with Gasteiger partial charge < -0.3 is 5.11 Å². The Morgan fingerprint density at radius 3 is 2.50 bits per heavy atom. The molecule has 1 heterocycles. The summed E-state index contributed by atoms with van der Waals surface area (Å²) in [7, 11) is -3.51. The van der Waals surface area contributed by atoms with Crippen molar-refractivity contribution in [1.29, 1.82) is 0 Å². The number of rotatable bonds is 5. The van der Waals surface area contributed by atoms with Crippen LogP contribution in [0.4, 0.5) is 0 Å². The lowest BCUT2D eigenvalue weighted by Crippen LogP contribution is -2.23. The van der Waals surface area contributed by atoms with E-state index >= 15 is 0 Å². The molecule has 0 aliphatic carbocycles. The minimum Gasteiger partial charge on any atom is -0.481 e. The molecule has 0 saturated carbocycles. The largest absolute Gasteiger partial charge is 0.481 e. The first-order valence-corrected chi connectivity index (χ1v) is 6.32. The highest BCUT2D eigenvalue weighted by Crippen LogP contribution is 2.10. The second-order valence-corrected chi connectivity index (χ2v) is 5.80. The van der Waals surface area contributed by atoms with Crippen molar-refractivity contribution in [2.24, 2.45) is 0 Å². The first-order chi connectivity index (χ1) is 7.42. The molecule has 0 saturated heterocycles. The molecule has 0 amide bonds. The molecule has 0 aliphatic heterocycles. The normalized spacial score (nSPS) is 13.3. The molecular formula is C9H12N2O4S. The Kier molecular flexibility index (Phi) is 3.94. The van der Waals surface area contributed by atoms with Gasteiger partial charge in [-0.05, 0) is 13.0 Å². The summed E-state index contributed by atoms with van der Waals surface area (Å²) in [5.41, 5.74) is 0. The quantitative estimate of drug-likeness (QED) is 0.797. The van der Waals surface area contributed by atoms with Gasteiger partial charge in [0, 0.05) is 12.4 Å². The molecule has 0 radical (unpaired) electrons. The molecule has 6 nitrogen and oxygen atoms in total. The summed E-state index contributed by atoms with van der Waals surface area (Å²) < 4.78 is 23.4. The van der Waals surface area contributed by atoms with Crippen LogP contribution in [-0.2, 0) is 20.4 Å². The molecule has 0 bridgehead atoms. The van der Waals surface area contributed by atoms with Crippen molar-refractivity contribution in [1.82, 2.24) is 9.97 Å². The monoisotopic (exact) mass is 244 g/mol. The number of aromatic nitrogens is 2. The smallest absolute Gasteiger partial charge is 0.304 e. The fraction of sp³-hybridized carbons (Fsp3) is 0.444. The van der Waals surface area contributed by atoms with Crippen molar-refractivity contribution < 1.29 is 18.3 Å². The maximum atomic E-state index is 11.7. The molecule has 0 aromatic carbocycles. The molecule has 0 fully saturated rings. The summed E-state index contributed by atoms with van der Waals surface area (Å²) in [6, 6.07) is 1.58. The minimum absolute atomic E-state index is 0.180. The summed E-state index contributed by atoms with van der Waals surface area (Å²) >= 11 is 0. The predicted molar refractivity (Wildman–Crippen MR) is 56.4 cm³/mol. The zero-order chi connectivity index (χ0) is 12.2. The summed E-state index contributed by atoms with van der Waals surface area (Å²) in [5.74, 6) is -1.28. The highest BCUT2D eigenvalue weighted by molar-refractivity contribution is 7.91. The molecule has 0 aliphatic rings. The second kappa shape index (κ2) is 5.02. The van der Waals surface area contributed by atoms with E-state index in [1.807, 2.05) is 0 Å². The van der Waals surface area contributed by atoms with Crippen LogP contribution in [0.5, 0.6) is 0 Å². The van der Waals surface area contributed by atoms with Gasteiger partial charge in [-0.2, -0.15) is 0 Å². The third-order valence-corrected chi connectivity index (χ3v) is 4.08. The molecule has 1 unspecified atom stereocenters. The van der Waals surface area contributed by atoms with Gasteiger partial charge in [-0.3, -0.25) is 4.79 Å². The number of carbonyl (C=O) groups is 1. The number of hydrogen-bond acceptors (Lipinski definition) is 5. The van der Waals surface area contributed by atoms with Gasteiger partial charge in [0.2, 0.25) is 0 Å². The fourth-order valence-electron chi connectivity index (χ4n) is 1.10. The first kappa shape index (κ1) is 12.6. The SMILES string of the molecule is CC(CC(=O)O)S(=O)(=O)Cc1ncccn1. The van der Waals surface area contributed by atoms with E-state index in [9.17, 15) is 13.2 Å². The molecule has 1 aromatic rings. The Balaban J connectivity index is 2.76. The summed E-state index contributed by atoms with van der Waals surface area (Å²) in [6.07, 6.45) is 2.48. The Morgan fingerprint density at radius 2 is 2.00 bits per heavy atom. The van der Waals surface area contributed by atoms with Crippen LogP contribution in [-0.4, -0.2) is 34.7 Å². The van der Waals surface area contributed by atoms with Gasteiger partial charge in [-0.1, -0.05) is 0 Å². The lowest BCUT2D eigenvalue weighted by atomic mass is 10.3. The van der Waals surface area contributed by atoms with Crippen LogP contribution in [0.15, 0.2) is 18.5 Å². The van der Waals surface area contributed by atoms with Gasteiger partial charge in [0.05, 0.1) is 11.7 Å². The Labute approximate surface area is 93.3 Å². The number of sulfone groups is 1. The third kappa shape index (κ3) is 3.58. The highest BCUT2D eigenvalue weighted by Gasteiger charge is 2.24. The lowest BCUT2D eigenvalue weighted by molar-refractivity contribution is -0.136. The number of carboxylic acids is 1. The molecule has 1 aromatic heterocycles. The van der Waals surface area contributed by atoms with Crippen LogP contribution in [0.25, 0.3) is 0 Å². The van der Waals surface area contributed by atoms with Crippen molar-refractivity contribution in [3.8, 4) is 0 Å². The molecule has 16 heavy (non-hydrogen) atoms. The fourth-order valence-corrected chi connectivity index (χ4v) is 2.29. The average Bonchev–Trinajstić information content (AvgIpc) is 2.17. The van der Waals surface area contributed by atoms with Crippen molar-refractivity contribution in [2.45, 2.75) is 24.3 Å². The van der Waals surface area contributed by atoms with E-state index in [0.717, 1.165) is 0 Å². The van der Waals surface area contributed by atoms with E-state index in [-0.39, 0.29) is 11.6 Å². The number of carboxylic acid groups (broad SMARTS) is 1. The molecular weight excluding hydrogens is 232 g/mol. The van der Waals surface area contributed by atoms with E-state index < -0.39 is 27.5 Å². The Hall–Kier alpha value is -1.50. The predicted octanol–water partition coefficient (Wildman–Crippen LogP) is 0.255. The molecule has 88 valence electrons. The summed E-state index contributed by atoms with van der Waals surface area (Å²) in [4.78, 5) is 18.0. The van der Waals surface area contributed by atoms with Gasteiger partial charge in [-0.15, -0.1) is 0 Å². The maximum Gasteiger partial charge on any atom is 0.304 e. The van der Waals surface area contributed by atoms with E-state index in [2.05, 4.69) is 9.97 Å². The van der Waals surface area contributed by atoms with E-state index in [1.54, 1.807) is 6.07 Å². The van der Waals surface area contributed by atoms with Crippen LogP contribution >= 0.6 is 0 Å². The van der Waals surface area contributed by atoms with Gasteiger partial charge in [0.25, 0.3) is 0 Å². The third-order valence-electron chi connectivity index (χ3n) is 2.02. The standard InChI is InChI=1S/C9H12N2O4S/c1-7(5-9(12)13)16(14,15)6-8-10-3-2-4-11-8/h2-4,7H,5-6H2,1H3,(H,12,13). The van der Waals surface area contributed by atoms with Crippen LogP contribution in [0.2, 0.25) is 0 Å². The van der Waals surface area contributed by atoms with Crippen molar-refractivity contribution in [3.63, 3.8) is 0 Å². The Morgan fingerprint density at radius 1 is 1.44 bits per heavy atom. The van der Waals surface area contributed by atoms with Gasteiger partial charge in [0.15, 0.2) is 9.84 Å². The van der Waals surface area contributed by atoms with Gasteiger partial charge in [-0.25, -0.2) is 18.4 Å². The van der Waals surface area contributed by atoms with E-state index in [0.29, 0.717) is 0 Å². The van der Waals surface area contributed by atoms with Crippen molar-refractivity contribution >= 4 is 15.8 Å². The molecule has 1 N–H and O–H groups in total. The van der Waals surface area contributed by atoms with Crippen molar-refractivity contribution in [2.75, 3.05) is 0 Å². The van der Waals surface area contributed by atoms with Crippen molar-refractivity contribution in [3.05, 3.63) is 24.3 Å². The zero-order valence-electron chi connectivity index (χ0n) is 8.70. The zero-order valence-corrected chi connectivity index (χ0v) is 9.51. The second-order valence-electron chi connectivity index (χ2n) is 3.38. The Bertz CT molecular complexity index is 458. The molecule has 1 rings (SSSR count). The van der Waals surface area contributed by atoms with E-state index in [4.69, 9.17) is 5.11 Å².